The van der Waals surface area contributed by atoms with Gasteiger partial charge in [-0.15, -0.1) is 0 Å². The lowest BCUT2D eigenvalue weighted by Crippen LogP contribution is -2.56. The van der Waals surface area contributed by atoms with E-state index in [9.17, 15) is 9.59 Å². The molecule has 2 aliphatic rings. The molecule has 2 atom stereocenters. The summed E-state index contributed by atoms with van der Waals surface area (Å²) in [4.78, 5) is 23.4. The number of carbonyl (C=O) groups is 2. The fraction of sp³-hybridized carbons (Fsp3) is 0.571. The van der Waals surface area contributed by atoms with Crippen molar-refractivity contribution in [3.8, 4) is 0 Å². The summed E-state index contributed by atoms with van der Waals surface area (Å²) >= 11 is 0. The highest BCUT2D eigenvalue weighted by molar-refractivity contribution is 5.93. The van der Waals surface area contributed by atoms with Crippen LogP contribution in [0.15, 0.2) is 23.3 Å². The van der Waals surface area contributed by atoms with Crippen molar-refractivity contribution in [3.63, 3.8) is 0 Å². The van der Waals surface area contributed by atoms with E-state index in [4.69, 9.17) is 0 Å². The van der Waals surface area contributed by atoms with Crippen LogP contribution in [0.2, 0.25) is 0 Å². The third kappa shape index (κ3) is 2.81. The lowest BCUT2D eigenvalue weighted by atomic mass is 9.77. The van der Waals surface area contributed by atoms with Crippen molar-refractivity contribution in [2.75, 3.05) is 0 Å². The summed E-state index contributed by atoms with van der Waals surface area (Å²) < 4.78 is 0. The van der Waals surface area contributed by atoms with Crippen molar-refractivity contribution in [1.82, 2.24) is 10.9 Å². The number of amides is 2. The van der Waals surface area contributed by atoms with Gasteiger partial charge in [-0.2, -0.15) is 0 Å². The molecule has 1 fully saturated rings. The van der Waals surface area contributed by atoms with Crippen molar-refractivity contribution in [2.24, 2.45) is 11.8 Å². The van der Waals surface area contributed by atoms with Gasteiger partial charge in [0.05, 0.1) is 11.8 Å². The number of hydrogen-bond acceptors (Lipinski definition) is 2. The zero-order chi connectivity index (χ0) is 13.1. The zero-order valence-corrected chi connectivity index (χ0v) is 11.0. The van der Waals surface area contributed by atoms with Gasteiger partial charge in [-0.1, -0.05) is 23.3 Å². The molecule has 1 saturated heterocycles. The number of nitrogens with one attached hydrogen (secondary N) is 2. The molecule has 98 valence electrons. The summed E-state index contributed by atoms with van der Waals surface area (Å²) in [6.07, 6.45) is 7.76. The Labute approximate surface area is 107 Å². The molecular formula is C14H20N2O2. The normalized spacial score (nSPS) is 26.7. The van der Waals surface area contributed by atoms with Crippen LogP contribution in [0, 0.1) is 11.8 Å². The summed E-state index contributed by atoms with van der Waals surface area (Å²) in [6.45, 7) is 4.18. The van der Waals surface area contributed by atoms with Gasteiger partial charge in [-0.3, -0.25) is 20.4 Å². The Kier molecular flexibility index (Phi) is 3.84. The van der Waals surface area contributed by atoms with Crippen LogP contribution in [0.5, 0.6) is 0 Å². The van der Waals surface area contributed by atoms with Gasteiger partial charge in [-0.25, -0.2) is 0 Å². The van der Waals surface area contributed by atoms with Gasteiger partial charge >= 0.3 is 0 Å². The van der Waals surface area contributed by atoms with E-state index >= 15 is 0 Å². The van der Waals surface area contributed by atoms with Crippen LogP contribution in [-0.2, 0) is 9.59 Å². The molecule has 0 aromatic carbocycles. The largest absolute Gasteiger partial charge is 0.273 e. The van der Waals surface area contributed by atoms with Gasteiger partial charge in [0.15, 0.2) is 0 Å². The van der Waals surface area contributed by atoms with Gasteiger partial charge in [0, 0.05) is 0 Å². The molecule has 4 heteroatoms. The molecule has 0 saturated carbocycles. The van der Waals surface area contributed by atoms with E-state index in [1.807, 2.05) is 0 Å². The molecule has 1 aliphatic heterocycles. The van der Waals surface area contributed by atoms with Crippen molar-refractivity contribution >= 4 is 11.8 Å². The average molecular weight is 248 g/mol. The molecule has 2 amide bonds. The highest BCUT2D eigenvalue weighted by atomic mass is 16.2. The number of fused-ring (bicyclic) bond motifs is 1. The van der Waals surface area contributed by atoms with Crippen molar-refractivity contribution < 1.29 is 9.59 Å². The molecule has 0 aromatic rings. The van der Waals surface area contributed by atoms with Gasteiger partial charge < -0.3 is 0 Å². The zero-order valence-electron chi connectivity index (χ0n) is 11.0. The standard InChI is InChI=1S/C14H20N2O2/c1-9(2)4-3-5-10-6-7-11-12(8-10)14(18)16-15-13(11)17/h4,6,11-12H,3,5,7-8H2,1-2H3,(H,15,17)(H,16,18)/t11-,12-/m1/s1. The number of rotatable bonds is 3. The third-order valence-corrected chi connectivity index (χ3v) is 3.63. The van der Waals surface area contributed by atoms with Gasteiger partial charge in [0.1, 0.15) is 0 Å². The molecule has 2 N–H and O–H groups in total. The lowest BCUT2D eigenvalue weighted by Gasteiger charge is -2.33. The fourth-order valence-corrected chi connectivity index (χ4v) is 2.59. The van der Waals surface area contributed by atoms with Crippen LogP contribution in [0.3, 0.4) is 0 Å². The first-order valence-electron chi connectivity index (χ1n) is 6.49. The summed E-state index contributed by atoms with van der Waals surface area (Å²) in [7, 11) is 0. The van der Waals surface area contributed by atoms with Crippen LogP contribution >= 0.6 is 0 Å². The van der Waals surface area contributed by atoms with E-state index in [-0.39, 0.29) is 23.7 Å². The van der Waals surface area contributed by atoms with Crippen LogP contribution in [0.25, 0.3) is 0 Å². The van der Waals surface area contributed by atoms with E-state index in [2.05, 4.69) is 36.9 Å². The second-order valence-electron chi connectivity index (χ2n) is 5.31. The third-order valence-electron chi connectivity index (χ3n) is 3.63. The summed E-state index contributed by atoms with van der Waals surface area (Å²) in [6, 6.07) is 0. The molecule has 0 unspecified atom stereocenters. The fourth-order valence-electron chi connectivity index (χ4n) is 2.59. The second-order valence-corrected chi connectivity index (χ2v) is 5.31. The van der Waals surface area contributed by atoms with Gasteiger partial charge in [-0.05, 0) is 39.5 Å². The quantitative estimate of drug-likeness (QED) is 0.749. The first kappa shape index (κ1) is 12.9. The highest BCUT2D eigenvalue weighted by Gasteiger charge is 2.39. The first-order valence-corrected chi connectivity index (χ1v) is 6.49. The maximum atomic E-state index is 11.7. The van der Waals surface area contributed by atoms with Crippen LogP contribution in [0.4, 0.5) is 0 Å². The van der Waals surface area contributed by atoms with E-state index in [0.29, 0.717) is 6.42 Å². The summed E-state index contributed by atoms with van der Waals surface area (Å²) in [5, 5.41) is 0. The van der Waals surface area contributed by atoms with Crippen LogP contribution in [-0.4, -0.2) is 11.8 Å². The lowest BCUT2D eigenvalue weighted by molar-refractivity contribution is -0.143. The number of hydrogen-bond donors (Lipinski definition) is 2. The monoisotopic (exact) mass is 248 g/mol. The maximum Gasteiger partial charge on any atom is 0.242 e. The highest BCUT2D eigenvalue weighted by Crippen LogP contribution is 2.33. The van der Waals surface area contributed by atoms with E-state index in [0.717, 1.165) is 19.3 Å². The number of hydrazine groups is 1. The number of carbonyl (C=O) groups excluding carboxylic acids is 2. The second kappa shape index (κ2) is 5.38. The predicted molar refractivity (Wildman–Crippen MR) is 69.2 cm³/mol. The van der Waals surface area contributed by atoms with Crippen LogP contribution < -0.4 is 10.9 Å². The van der Waals surface area contributed by atoms with E-state index in [1.165, 1.54) is 11.1 Å². The molecule has 18 heavy (non-hydrogen) atoms. The SMILES string of the molecule is CC(C)=CCCC1=CC[C@H]2C(=O)NNC(=O)[C@@H]2C1. The van der Waals surface area contributed by atoms with Crippen molar-refractivity contribution in [1.29, 1.82) is 0 Å². The van der Waals surface area contributed by atoms with Crippen LogP contribution in [0.1, 0.15) is 39.5 Å². The average Bonchev–Trinajstić information content (AvgIpc) is 2.34. The summed E-state index contributed by atoms with van der Waals surface area (Å²) in [5.41, 5.74) is 7.50. The minimum Gasteiger partial charge on any atom is -0.273 e. The Balaban J connectivity index is 1.98. The van der Waals surface area contributed by atoms with E-state index in [1.54, 1.807) is 0 Å². The summed E-state index contributed by atoms with van der Waals surface area (Å²) in [5.74, 6) is -0.456. The minimum atomic E-state index is -0.176. The van der Waals surface area contributed by atoms with Crippen molar-refractivity contribution in [3.05, 3.63) is 23.3 Å². The Morgan fingerprint density at radius 2 is 1.94 bits per heavy atom. The molecule has 0 aromatic heterocycles. The Bertz CT molecular complexity index is 420. The minimum absolute atomic E-state index is 0.0487. The molecule has 0 bridgehead atoms. The van der Waals surface area contributed by atoms with Gasteiger partial charge in [0.2, 0.25) is 11.8 Å². The van der Waals surface area contributed by atoms with E-state index < -0.39 is 0 Å². The number of allylic oxidation sites excluding steroid dienone is 4. The Hall–Kier alpha value is -1.58. The molecule has 2 rings (SSSR count). The maximum absolute atomic E-state index is 11.7. The Morgan fingerprint density at radius 3 is 2.61 bits per heavy atom. The molecule has 1 aliphatic carbocycles. The molecule has 4 nitrogen and oxygen atoms in total. The molecule has 0 spiro atoms. The molecule has 1 heterocycles. The van der Waals surface area contributed by atoms with Gasteiger partial charge in [0.25, 0.3) is 0 Å². The van der Waals surface area contributed by atoms with Crippen molar-refractivity contribution in [2.45, 2.75) is 39.5 Å². The molecular weight excluding hydrogens is 228 g/mol. The smallest absolute Gasteiger partial charge is 0.242 e. The molecule has 0 radical (unpaired) electrons. The Morgan fingerprint density at radius 1 is 1.28 bits per heavy atom. The topological polar surface area (TPSA) is 58.2 Å². The predicted octanol–water partition coefficient (Wildman–Crippen LogP) is 1.85. The first-order chi connectivity index (χ1) is 8.58.